The normalized spacial score (nSPS) is 55.3. The van der Waals surface area contributed by atoms with Crippen LogP contribution in [0.3, 0.4) is 0 Å². The summed E-state index contributed by atoms with van der Waals surface area (Å²) >= 11 is 0. The summed E-state index contributed by atoms with van der Waals surface area (Å²) in [6.45, 7) is 12.4. The lowest BCUT2D eigenvalue weighted by molar-refractivity contribution is -0.394. The van der Waals surface area contributed by atoms with E-state index in [4.69, 9.17) is 56.8 Å². The number of rotatable bonds is 17. The highest BCUT2D eigenvalue weighted by Crippen LogP contribution is 2.70. The Balaban J connectivity index is 0.792. The highest BCUT2D eigenvalue weighted by atomic mass is 16.8. The van der Waals surface area contributed by atoms with Crippen molar-refractivity contribution in [3.63, 3.8) is 0 Å². The lowest BCUT2D eigenvalue weighted by atomic mass is 9.47. The predicted molar refractivity (Wildman–Crippen MR) is 285 cm³/mol. The molecule has 4 aliphatic carbocycles. The molecule has 6 aliphatic heterocycles. The number of hydrogen-bond donors (Lipinski definition) is 14. The van der Waals surface area contributed by atoms with Crippen LogP contribution in [0.4, 0.5) is 0 Å². The standard InChI is InChI=1S/C58H96O26/c1-22(21-74-51-43(68)41(66)38(63)33(19-59)79-51)11-16-58(73-8)23(2)35-32(84-58)18-31-29-10-9-27-17-28(12-14-56(27,6)30(29)13-15-57(31,35)7)78-55-50(83-53-45(70)40(65)37(62)25(4)76-53)47(72)49(34(20-60)80-55)82-54-46(71)42(67)48(26(5)77-54)81-52-44(69)39(64)36(61)24(3)75-52/h9,22-26,28-55,59-72H,10-21H2,1-8H3/t22-,23+,24+,25+,26+,28+,29-,30+,31+,32+,33-,34-,35+,36+,37+,38-,39-,40-,41+,42+,43-,44-,45-,46-,47+,48+,49-,50-,51-,52+,53+,54+,55-,56+,57+,58?/m1/s1. The van der Waals surface area contributed by atoms with E-state index in [0.29, 0.717) is 43.4 Å². The summed E-state index contributed by atoms with van der Waals surface area (Å²) in [6.07, 6.45) is -28.2. The van der Waals surface area contributed by atoms with Crippen LogP contribution in [-0.4, -0.2) is 270 Å². The van der Waals surface area contributed by atoms with Gasteiger partial charge in [0.1, 0.15) is 104 Å². The van der Waals surface area contributed by atoms with Crippen LogP contribution in [0, 0.1) is 46.3 Å². The minimum absolute atomic E-state index is 0.000235. The third kappa shape index (κ3) is 11.8. The summed E-state index contributed by atoms with van der Waals surface area (Å²) < 4.78 is 73.6. The maximum atomic E-state index is 12.3. The molecule has 14 N–H and O–H groups in total. The summed E-state index contributed by atoms with van der Waals surface area (Å²) in [6, 6.07) is 0. The van der Waals surface area contributed by atoms with Gasteiger partial charge in [0.2, 0.25) is 0 Å². The fourth-order valence-corrected chi connectivity index (χ4v) is 16.7. The van der Waals surface area contributed by atoms with Crippen LogP contribution in [0.1, 0.15) is 106 Å². The predicted octanol–water partition coefficient (Wildman–Crippen LogP) is -2.47. The van der Waals surface area contributed by atoms with Gasteiger partial charge in [0.25, 0.3) is 0 Å². The molecule has 6 heterocycles. The molecule has 9 fully saturated rings. The number of aliphatic hydroxyl groups excluding tert-OH is 14. The fourth-order valence-electron chi connectivity index (χ4n) is 16.7. The van der Waals surface area contributed by atoms with E-state index in [9.17, 15) is 71.5 Å². The third-order valence-electron chi connectivity index (χ3n) is 21.8. The topological polar surface area (TPSA) is 394 Å². The average molecular weight is 1210 g/mol. The minimum Gasteiger partial charge on any atom is -0.394 e. The average Bonchev–Trinajstić information content (AvgIpc) is 1.99. The Labute approximate surface area is 489 Å². The first kappa shape index (κ1) is 65.6. The Bertz CT molecular complexity index is 2220. The lowest BCUT2D eigenvalue weighted by Gasteiger charge is -2.58. The van der Waals surface area contributed by atoms with Crippen LogP contribution in [-0.2, 0) is 56.8 Å². The molecule has 0 bridgehead atoms. The van der Waals surface area contributed by atoms with Crippen molar-refractivity contribution in [2.75, 3.05) is 26.9 Å². The Morgan fingerprint density at radius 1 is 0.571 bits per heavy atom. The molecule has 0 radical (unpaired) electrons. The third-order valence-corrected chi connectivity index (χ3v) is 21.8. The molecule has 6 saturated heterocycles. The zero-order valence-corrected chi connectivity index (χ0v) is 49.3. The van der Waals surface area contributed by atoms with Gasteiger partial charge in [-0.3, -0.25) is 0 Å². The molecule has 10 aliphatic rings. The highest BCUT2D eigenvalue weighted by molar-refractivity contribution is 5.26. The Morgan fingerprint density at radius 2 is 1.13 bits per heavy atom. The number of fused-ring (bicyclic) bond motifs is 7. The Morgan fingerprint density at radius 3 is 1.75 bits per heavy atom. The largest absolute Gasteiger partial charge is 0.394 e. The molecule has 0 aromatic rings. The van der Waals surface area contributed by atoms with Crippen LogP contribution >= 0.6 is 0 Å². The second-order valence-corrected chi connectivity index (χ2v) is 26.8. The molecule has 10 rings (SSSR count). The zero-order valence-electron chi connectivity index (χ0n) is 49.3. The van der Waals surface area contributed by atoms with Crippen LogP contribution in [0.2, 0.25) is 0 Å². The molecule has 0 spiro atoms. The number of hydrogen-bond acceptors (Lipinski definition) is 26. The van der Waals surface area contributed by atoms with Gasteiger partial charge in [-0.2, -0.15) is 0 Å². The molecular formula is C58H96O26. The number of ether oxygens (including phenoxy) is 12. The second-order valence-electron chi connectivity index (χ2n) is 26.8. The zero-order chi connectivity index (χ0) is 60.8. The summed E-state index contributed by atoms with van der Waals surface area (Å²) in [5, 5.41) is 150. The number of methoxy groups -OCH3 is 1. The van der Waals surface area contributed by atoms with E-state index in [0.717, 1.165) is 32.1 Å². The molecule has 0 amide bonds. The van der Waals surface area contributed by atoms with E-state index >= 15 is 0 Å². The second kappa shape index (κ2) is 25.8. The molecule has 26 nitrogen and oxygen atoms in total. The van der Waals surface area contributed by atoms with Crippen molar-refractivity contribution >= 4 is 0 Å². The molecule has 36 atom stereocenters. The van der Waals surface area contributed by atoms with Gasteiger partial charge in [0.05, 0.1) is 50.3 Å². The van der Waals surface area contributed by atoms with Crippen LogP contribution in [0.5, 0.6) is 0 Å². The Kier molecular flexibility index (Phi) is 20.1. The van der Waals surface area contributed by atoms with E-state index < -0.39 is 179 Å². The first-order valence-corrected chi connectivity index (χ1v) is 30.5. The highest BCUT2D eigenvalue weighted by Gasteiger charge is 2.69. The molecule has 1 unspecified atom stereocenters. The van der Waals surface area contributed by atoms with Gasteiger partial charge in [-0.25, -0.2) is 0 Å². The van der Waals surface area contributed by atoms with Crippen molar-refractivity contribution in [2.45, 2.75) is 278 Å². The minimum atomic E-state index is -1.88. The number of allylic oxidation sites excluding steroid dienone is 1. The molecule has 84 heavy (non-hydrogen) atoms. The quantitative estimate of drug-likeness (QED) is 0.0671. The molecule has 484 valence electrons. The van der Waals surface area contributed by atoms with Gasteiger partial charge in [-0.05, 0) is 113 Å². The Hall–Kier alpha value is -1.30. The lowest BCUT2D eigenvalue weighted by Crippen LogP contribution is -2.67. The molecule has 3 saturated carbocycles. The summed E-state index contributed by atoms with van der Waals surface area (Å²) in [4.78, 5) is 0. The fraction of sp³-hybridized carbons (Fsp3) is 0.966. The summed E-state index contributed by atoms with van der Waals surface area (Å²) in [7, 11) is 1.71. The van der Waals surface area contributed by atoms with Gasteiger partial charge >= 0.3 is 0 Å². The van der Waals surface area contributed by atoms with E-state index in [2.05, 4.69) is 26.8 Å². The van der Waals surface area contributed by atoms with Crippen molar-refractivity contribution < 1.29 is 128 Å². The van der Waals surface area contributed by atoms with Crippen molar-refractivity contribution in [3.05, 3.63) is 11.6 Å². The van der Waals surface area contributed by atoms with Crippen molar-refractivity contribution in [1.82, 2.24) is 0 Å². The smallest absolute Gasteiger partial charge is 0.187 e. The molecular weight excluding hydrogens is 1110 g/mol. The van der Waals surface area contributed by atoms with Crippen LogP contribution < -0.4 is 0 Å². The van der Waals surface area contributed by atoms with Gasteiger partial charge in [-0.15, -0.1) is 0 Å². The van der Waals surface area contributed by atoms with Crippen molar-refractivity contribution in [1.29, 1.82) is 0 Å². The van der Waals surface area contributed by atoms with E-state index in [1.165, 1.54) is 26.3 Å². The van der Waals surface area contributed by atoms with E-state index in [1.54, 1.807) is 7.11 Å². The van der Waals surface area contributed by atoms with Gasteiger partial charge in [0.15, 0.2) is 37.2 Å². The summed E-state index contributed by atoms with van der Waals surface area (Å²) in [5.74, 6) is 0.707. The number of aliphatic hydroxyl groups is 14. The molecule has 0 aromatic carbocycles. The van der Waals surface area contributed by atoms with Gasteiger partial charge in [0, 0.05) is 19.4 Å². The molecule has 26 heteroatoms. The SMILES string of the molecule is COC1(CC[C@@H](C)CO[C@@H]2O[C@H](CO)[C@@H](O)[C@H](O)[C@H]2O)O[C@H]2C[C@H]3[C@@H]4CC=C5C[C@@H](O[C@@H]6O[C@H](CO)[C@@H](O[C@@H]7O[C@@H](C)[C@H](O[C@@H]8O[C@@H](C)[C@H](O)[C@@H](O)[C@H]8O)[C@@H](O)[C@H]7O)[C@H](O)[C@H]6O[C@@H]6O[C@@H](C)[C@H](O)[C@@H](O)[C@H]6O)CC[C@]5(C)[C@H]4CC[C@]3(C)[C@H]2[C@@H]1C. The van der Waals surface area contributed by atoms with E-state index in [-0.39, 0.29) is 41.3 Å². The van der Waals surface area contributed by atoms with Gasteiger partial charge < -0.3 is 128 Å². The van der Waals surface area contributed by atoms with Crippen LogP contribution in [0.25, 0.3) is 0 Å². The summed E-state index contributed by atoms with van der Waals surface area (Å²) in [5.41, 5.74) is 1.09. The van der Waals surface area contributed by atoms with Gasteiger partial charge in [-0.1, -0.05) is 39.3 Å². The van der Waals surface area contributed by atoms with Crippen molar-refractivity contribution in [3.8, 4) is 0 Å². The first-order valence-electron chi connectivity index (χ1n) is 30.5. The van der Waals surface area contributed by atoms with E-state index in [1.807, 2.05) is 6.92 Å². The monoisotopic (exact) mass is 1210 g/mol. The van der Waals surface area contributed by atoms with Crippen LogP contribution in [0.15, 0.2) is 11.6 Å². The first-order chi connectivity index (χ1) is 39.7. The van der Waals surface area contributed by atoms with Crippen molar-refractivity contribution in [2.24, 2.45) is 46.3 Å². The molecule has 0 aromatic heterocycles. The maximum absolute atomic E-state index is 12.3. The maximum Gasteiger partial charge on any atom is 0.187 e.